The molecule has 0 bridgehead atoms. The maximum Gasteiger partial charge on any atom is 0.258 e. The van der Waals surface area contributed by atoms with Crippen molar-refractivity contribution >= 4 is 28.9 Å². The predicted molar refractivity (Wildman–Crippen MR) is 99.5 cm³/mol. The SMILES string of the molecule is O=C(Nc1ccc(NCc2ccccc2)c(Cl)c1)c1cc(F)ccc1F. The number of nitrogens with one attached hydrogen (secondary N) is 2. The van der Waals surface area contributed by atoms with Gasteiger partial charge in [0.2, 0.25) is 0 Å². The summed E-state index contributed by atoms with van der Waals surface area (Å²) in [5, 5.41) is 6.12. The lowest BCUT2D eigenvalue weighted by Crippen LogP contribution is -2.14. The highest BCUT2D eigenvalue weighted by Crippen LogP contribution is 2.26. The minimum absolute atomic E-state index is 0.368. The van der Waals surface area contributed by atoms with Crippen molar-refractivity contribution in [3.8, 4) is 0 Å². The number of halogens is 3. The molecule has 0 aliphatic rings. The van der Waals surface area contributed by atoms with Gasteiger partial charge in [-0.15, -0.1) is 0 Å². The molecule has 1 amide bonds. The van der Waals surface area contributed by atoms with Crippen molar-refractivity contribution in [3.63, 3.8) is 0 Å². The van der Waals surface area contributed by atoms with E-state index < -0.39 is 17.5 Å². The van der Waals surface area contributed by atoms with E-state index in [2.05, 4.69) is 10.6 Å². The Morgan fingerprint density at radius 3 is 2.46 bits per heavy atom. The number of anilines is 2. The molecule has 3 aromatic carbocycles. The fourth-order valence-electron chi connectivity index (χ4n) is 2.40. The quantitative estimate of drug-likeness (QED) is 0.622. The third kappa shape index (κ3) is 4.37. The van der Waals surface area contributed by atoms with Crippen LogP contribution >= 0.6 is 11.6 Å². The van der Waals surface area contributed by atoms with E-state index in [4.69, 9.17) is 11.6 Å². The molecule has 6 heteroatoms. The van der Waals surface area contributed by atoms with Crippen molar-refractivity contribution < 1.29 is 13.6 Å². The Bertz CT molecular complexity index is 932. The number of carbonyl (C=O) groups excluding carboxylic acids is 1. The molecule has 132 valence electrons. The van der Waals surface area contributed by atoms with E-state index in [9.17, 15) is 13.6 Å². The summed E-state index contributed by atoms with van der Waals surface area (Å²) in [5.74, 6) is -2.23. The molecule has 0 saturated heterocycles. The summed E-state index contributed by atoms with van der Waals surface area (Å²) in [7, 11) is 0. The van der Waals surface area contributed by atoms with Crippen molar-refractivity contribution in [2.75, 3.05) is 10.6 Å². The van der Waals surface area contributed by atoms with Crippen molar-refractivity contribution in [1.82, 2.24) is 0 Å². The number of hydrogen-bond acceptors (Lipinski definition) is 2. The van der Waals surface area contributed by atoms with Gasteiger partial charge in [-0.05, 0) is 42.0 Å². The second-order valence-electron chi connectivity index (χ2n) is 5.61. The molecule has 0 radical (unpaired) electrons. The molecule has 0 unspecified atom stereocenters. The Hall–Kier alpha value is -2.92. The molecule has 0 saturated carbocycles. The fraction of sp³-hybridized carbons (Fsp3) is 0.0500. The van der Waals surface area contributed by atoms with Crippen LogP contribution in [-0.2, 0) is 6.54 Å². The van der Waals surface area contributed by atoms with Crippen LogP contribution in [0.3, 0.4) is 0 Å². The van der Waals surface area contributed by atoms with E-state index >= 15 is 0 Å². The Kier molecular flexibility index (Phi) is 5.49. The molecule has 0 aliphatic heterocycles. The Morgan fingerprint density at radius 2 is 1.73 bits per heavy atom. The lowest BCUT2D eigenvalue weighted by atomic mass is 10.2. The highest BCUT2D eigenvalue weighted by atomic mass is 35.5. The van der Waals surface area contributed by atoms with E-state index in [-0.39, 0.29) is 5.56 Å². The zero-order valence-electron chi connectivity index (χ0n) is 13.6. The summed E-state index contributed by atoms with van der Waals surface area (Å²) in [6.07, 6.45) is 0. The molecular weight excluding hydrogens is 358 g/mol. The van der Waals surface area contributed by atoms with E-state index in [1.54, 1.807) is 18.2 Å². The highest BCUT2D eigenvalue weighted by molar-refractivity contribution is 6.33. The Balaban J connectivity index is 1.69. The van der Waals surface area contributed by atoms with Crippen molar-refractivity contribution in [2.24, 2.45) is 0 Å². The summed E-state index contributed by atoms with van der Waals surface area (Å²) in [5.41, 5.74) is 1.81. The van der Waals surface area contributed by atoms with Gasteiger partial charge in [0.1, 0.15) is 11.6 Å². The Morgan fingerprint density at radius 1 is 0.962 bits per heavy atom. The van der Waals surface area contributed by atoms with Crippen LogP contribution in [0.5, 0.6) is 0 Å². The maximum absolute atomic E-state index is 13.7. The van der Waals surface area contributed by atoms with Gasteiger partial charge in [0, 0.05) is 12.2 Å². The van der Waals surface area contributed by atoms with Crippen LogP contribution in [0.1, 0.15) is 15.9 Å². The first-order chi connectivity index (χ1) is 12.5. The zero-order chi connectivity index (χ0) is 18.5. The third-order valence-corrected chi connectivity index (χ3v) is 4.04. The summed E-state index contributed by atoms with van der Waals surface area (Å²) in [6, 6.07) is 17.4. The number of amides is 1. The van der Waals surface area contributed by atoms with Gasteiger partial charge in [-0.3, -0.25) is 4.79 Å². The molecule has 0 atom stereocenters. The van der Waals surface area contributed by atoms with Crippen molar-refractivity contribution in [3.05, 3.63) is 94.5 Å². The van der Waals surface area contributed by atoms with Crippen LogP contribution < -0.4 is 10.6 Å². The first kappa shape index (κ1) is 17.9. The molecule has 2 N–H and O–H groups in total. The van der Waals surface area contributed by atoms with E-state index in [1.807, 2.05) is 30.3 Å². The summed E-state index contributed by atoms with van der Waals surface area (Å²) in [6.45, 7) is 0.598. The first-order valence-electron chi connectivity index (χ1n) is 7.86. The normalized spacial score (nSPS) is 10.4. The van der Waals surface area contributed by atoms with E-state index in [1.165, 1.54) is 0 Å². The zero-order valence-corrected chi connectivity index (χ0v) is 14.4. The Labute approximate surface area is 154 Å². The molecule has 0 spiro atoms. The van der Waals surface area contributed by atoms with Crippen LogP contribution in [-0.4, -0.2) is 5.91 Å². The maximum atomic E-state index is 13.7. The van der Waals surface area contributed by atoms with Crippen LogP contribution in [0.25, 0.3) is 0 Å². The van der Waals surface area contributed by atoms with Crippen molar-refractivity contribution in [2.45, 2.75) is 6.54 Å². The minimum atomic E-state index is -0.795. The van der Waals surface area contributed by atoms with Gasteiger partial charge >= 0.3 is 0 Å². The fourth-order valence-corrected chi connectivity index (χ4v) is 2.65. The van der Waals surface area contributed by atoms with Crippen LogP contribution in [0.15, 0.2) is 66.7 Å². The molecule has 0 heterocycles. The highest BCUT2D eigenvalue weighted by Gasteiger charge is 2.13. The molecule has 3 nitrogen and oxygen atoms in total. The van der Waals surface area contributed by atoms with E-state index in [0.717, 1.165) is 23.8 Å². The van der Waals surface area contributed by atoms with Crippen LogP contribution in [0.2, 0.25) is 5.02 Å². The third-order valence-electron chi connectivity index (χ3n) is 3.73. The number of benzene rings is 3. The van der Waals surface area contributed by atoms with Gasteiger partial charge in [-0.25, -0.2) is 8.78 Å². The lowest BCUT2D eigenvalue weighted by Gasteiger charge is -2.11. The molecule has 0 aromatic heterocycles. The standard InChI is InChI=1S/C20H15ClF2N2O/c21-17-11-15(25-20(26)16-10-14(22)6-8-18(16)23)7-9-19(17)24-12-13-4-2-1-3-5-13/h1-11,24H,12H2,(H,25,26). The molecule has 3 rings (SSSR count). The van der Waals surface area contributed by atoms with Gasteiger partial charge in [0.05, 0.1) is 16.3 Å². The van der Waals surface area contributed by atoms with Crippen molar-refractivity contribution in [1.29, 1.82) is 0 Å². The van der Waals surface area contributed by atoms with Crippen LogP contribution in [0, 0.1) is 11.6 Å². The monoisotopic (exact) mass is 372 g/mol. The smallest absolute Gasteiger partial charge is 0.258 e. The number of rotatable bonds is 5. The summed E-state index contributed by atoms with van der Waals surface area (Å²) in [4.78, 5) is 12.1. The average Bonchev–Trinajstić information content (AvgIpc) is 2.64. The number of carbonyl (C=O) groups is 1. The second-order valence-corrected chi connectivity index (χ2v) is 6.02. The minimum Gasteiger partial charge on any atom is -0.380 e. The largest absolute Gasteiger partial charge is 0.380 e. The van der Waals surface area contributed by atoms with Gasteiger partial charge in [-0.2, -0.15) is 0 Å². The lowest BCUT2D eigenvalue weighted by molar-refractivity contribution is 0.102. The molecule has 26 heavy (non-hydrogen) atoms. The number of hydrogen-bond donors (Lipinski definition) is 2. The van der Waals surface area contributed by atoms with Gasteiger partial charge in [0.15, 0.2) is 0 Å². The van der Waals surface area contributed by atoms with Crippen LogP contribution in [0.4, 0.5) is 20.2 Å². The summed E-state index contributed by atoms with van der Waals surface area (Å²) >= 11 is 6.23. The molecule has 3 aromatic rings. The molecular formula is C20H15ClF2N2O. The van der Waals surface area contributed by atoms with Gasteiger partial charge < -0.3 is 10.6 Å². The first-order valence-corrected chi connectivity index (χ1v) is 8.24. The molecule has 0 aliphatic carbocycles. The van der Waals surface area contributed by atoms with Gasteiger partial charge in [-0.1, -0.05) is 41.9 Å². The molecule has 0 fully saturated rings. The van der Waals surface area contributed by atoms with Gasteiger partial charge in [0.25, 0.3) is 5.91 Å². The summed E-state index contributed by atoms with van der Waals surface area (Å²) < 4.78 is 26.9. The second kappa shape index (κ2) is 7.97. The predicted octanol–water partition coefficient (Wildman–Crippen LogP) is 5.48. The topological polar surface area (TPSA) is 41.1 Å². The van der Waals surface area contributed by atoms with E-state index in [0.29, 0.717) is 22.9 Å². The average molecular weight is 373 g/mol.